The van der Waals surface area contributed by atoms with E-state index in [9.17, 15) is 15.0 Å². The summed E-state index contributed by atoms with van der Waals surface area (Å²) in [6.45, 7) is 2.30. The van der Waals surface area contributed by atoms with Crippen LogP contribution in [0.1, 0.15) is 37.4 Å². The molecule has 1 fully saturated rings. The Morgan fingerprint density at radius 3 is 2.65 bits per heavy atom. The Labute approximate surface area is 226 Å². The molecule has 2 aromatic carbocycles. The van der Waals surface area contributed by atoms with Gasteiger partial charge in [-0.15, -0.1) is 11.8 Å². The van der Waals surface area contributed by atoms with Crippen molar-refractivity contribution in [2.75, 3.05) is 39.6 Å². The van der Waals surface area contributed by atoms with Crippen LogP contribution in [0.5, 0.6) is 11.5 Å². The monoisotopic (exact) mass is 544 g/mol. The van der Waals surface area contributed by atoms with E-state index in [1.807, 2.05) is 30.3 Å². The number of rotatable bonds is 11. The van der Waals surface area contributed by atoms with Crippen molar-refractivity contribution < 1.29 is 24.5 Å². The fourth-order valence-electron chi connectivity index (χ4n) is 4.99. The molecule has 0 spiro atoms. The van der Waals surface area contributed by atoms with Gasteiger partial charge in [-0.25, -0.2) is 0 Å². The van der Waals surface area contributed by atoms with Gasteiger partial charge in [-0.05, 0) is 69.1 Å². The van der Waals surface area contributed by atoms with Gasteiger partial charge >= 0.3 is 5.97 Å². The van der Waals surface area contributed by atoms with Crippen LogP contribution in [0.4, 0.5) is 0 Å². The summed E-state index contributed by atoms with van der Waals surface area (Å²) >= 11 is 8.19. The lowest BCUT2D eigenvalue weighted by Gasteiger charge is -2.39. The molecule has 2 heterocycles. The molecule has 1 aromatic heterocycles. The maximum absolute atomic E-state index is 12.4. The molecule has 0 saturated carbocycles. The van der Waals surface area contributed by atoms with Crippen molar-refractivity contribution in [1.29, 1.82) is 0 Å². The molecule has 7 nitrogen and oxygen atoms in total. The highest BCUT2D eigenvalue weighted by Crippen LogP contribution is 2.41. The Morgan fingerprint density at radius 1 is 1.19 bits per heavy atom. The Balaban J connectivity index is 1.37. The number of thioether (sulfide) groups is 1. The van der Waals surface area contributed by atoms with Crippen molar-refractivity contribution in [2.45, 2.75) is 36.7 Å². The van der Waals surface area contributed by atoms with E-state index in [4.69, 9.17) is 21.1 Å². The number of hydrogen-bond acceptors (Lipinski definition) is 7. The van der Waals surface area contributed by atoms with E-state index in [1.165, 1.54) is 6.20 Å². The van der Waals surface area contributed by atoms with Crippen LogP contribution in [0, 0.1) is 5.41 Å². The van der Waals surface area contributed by atoms with Gasteiger partial charge in [0.15, 0.2) is 0 Å². The highest BCUT2D eigenvalue weighted by atomic mass is 35.5. The molecule has 0 radical (unpaired) electrons. The molecule has 1 aliphatic heterocycles. The lowest BCUT2D eigenvalue weighted by Crippen LogP contribution is -2.45. The first-order valence-corrected chi connectivity index (χ1v) is 13.7. The number of benzene rings is 2. The van der Waals surface area contributed by atoms with Crippen molar-refractivity contribution in [2.24, 2.45) is 5.41 Å². The molecule has 0 amide bonds. The number of halogens is 1. The van der Waals surface area contributed by atoms with Gasteiger partial charge in [0.1, 0.15) is 11.5 Å². The highest BCUT2D eigenvalue weighted by Gasteiger charge is 2.41. The van der Waals surface area contributed by atoms with Gasteiger partial charge in [0, 0.05) is 34.3 Å². The number of carboxylic acid groups (broad SMARTS) is 1. The minimum atomic E-state index is -0.906. The molecule has 2 N–H and O–H groups in total. The molecule has 9 heteroatoms. The van der Waals surface area contributed by atoms with E-state index in [-0.39, 0.29) is 0 Å². The third kappa shape index (κ3) is 6.32. The first kappa shape index (κ1) is 27.5. The van der Waals surface area contributed by atoms with Crippen LogP contribution in [0.2, 0.25) is 5.02 Å². The van der Waals surface area contributed by atoms with Gasteiger partial charge < -0.3 is 24.6 Å². The average molecular weight is 545 g/mol. The van der Waals surface area contributed by atoms with Crippen molar-refractivity contribution in [3.8, 4) is 11.5 Å². The van der Waals surface area contributed by atoms with Crippen molar-refractivity contribution in [1.82, 2.24) is 9.88 Å². The Kier molecular flexibility index (Phi) is 9.18. The number of piperidine rings is 1. The van der Waals surface area contributed by atoms with E-state index in [2.05, 4.69) is 16.0 Å². The number of aliphatic carboxylic acids is 1. The van der Waals surface area contributed by atoms with E-state index >= 15 is 0 Å². The average Bonchev–Trinajstić information content (AvgIpc) is 2.92. The first-order chi connectivity index (χ1) is 17.9. The topological polar surface area (TPSA) is 92.1 Å². The molecule has 1 saturated heterocycles. The predicted octanol–water partition coefficient (Wildman–Crippen LogP) is 5.68. The number of para-hydroxylation sites is 1. The molecule has 0 bridgehead atoms. The number of hydrogen-bond donors (Lipinski definition) is 2. The van der Waals surface area contributed by atoms with Crippen molar-refractivity contribution in [3.05, 3.63) is 59.2 Å². The number of nitrogens with zero attached hydrogens (tertiary/aromatic N) is 2. The quantitative estimate of drug-likeness (QED) is 0.298. The second kappa shape index (κ2) is 12.3. The smallest absolute Gasteiger partial charge is 0.309 e. The maximum Gasteiger partial charge on any atom is 0.309 e. The Morgan fingerprint density at radius 2 is 1.95 bits per heavy atom. The molecule has 0 unspecified atom stereocenters. The number of fused-ring (bicyclic) bond motifs is 1. The molecule has 198 valence electrons. The number of aliphatic hydroxyl groups excluding tert-OH is 1. The van der Waals surface area contributed by atoms with Gasteiger partial charge in [-0.1, -0.05) is 23.7 Å². The zero-order chi connectivity index (χ0) is 26.4. The normalized spacial score (nSPS) is 16.4. The van der Waals surface area contributed by atoms with Crippen LogP contribution >= 0.6 is 23.4 Å². The number of aliphatic hydroxyl groups is 1. The lowest BCUT2D eigenvalue weighted by atomic mass is 9.74. The summed E-state index contributed by atoms with van der Waals surface area (Å²) in [7, 11) is 3.25. The zero-order valence-electron chi connectivity index (χ0n) is 21.2. The van der Waals surface area contributed by atoms with E-state index in [0.717, 1.165) is 22.9 Å². The zero-order valence-corrected chi connectivity index (χ0v) is 22.7. The van der Waals surface area contributed by atoms with Crippen molar-refractivity contribution >= 4 is 40.2 Å². The van der Waals surface area contributed by atoms with Crippen LogP contribution in [0.25, 0.3) is 10.9 Å². The Bertz CT molecular complexity index is 1230. The number of pyridine rings is 1. The van der Waals surface area contributed by atoms with E-state index in [0.29, 0.717) is 66.0 Å². The fourth-order valence-corrected chi connectivity index (χ4v) is 6.30. The van der Waals surface area contributed by atoms with Gasteiger partial charge in [0.25, 0.3) is 0 Å². The molecule has 37 heavy (non-hydrogen) atoms. The third-order valence-corrected chi connectivity index (χ3v) is 8.63. The minimum absolute atomic E-state index is 0.298. The summed E-state index contributed by atoms with van der Waals surface area (Å²) in [4.78, 5) is 20.2. The van der Waals surface area contributed by atoms with Crippen LogP contribution in [0.15, 0.2) is 53.6 Å². The molecular weight excluding hydrogens is 512 g/mol. The third-order valence-electron chi connectivity index (χ3n) is 7.30. The molecule has 0 aliphatic carbocycles. The van der Waals surface area contributed by atoms with Gasteiger partial charge in [0.05, 0.1) is 36.3 Å². The highest BCUT2D eigenvalue weighted by molar-refractivity contribution is 7.99. The second-order valence-electron chi connectivity index (χ2n) is 9.38. The summed E-state index contributed by atoms with van der Waals surface area (Å²) in [5.74, 6) is 1.62. The standard InChI is InChI=1S/C28H33ClN2O5S/c1-35-19-7-8-22-20(17-19)26(21(29)18-30-22)23(32)9-10-28(27(33)34)11-13-31(14-12-28)15-16-37-25-6-4-3-5-24(25)36-2/h3-8,17-18,23,32H,9-16H2,1-2H3,(H,33,34)/t23-/m0/s1. The lowest BCUT2D eigenvalue weighted by molar-refractivity contribution is -0.153. The SMILES string of the molecule is COc1ccc2ncc(Cl)c([C@@H](O)CCC3(C(=O)O)CCN(CCSc4ccccc4OC)CC3)c2c1. The molecule has 3 aromatic rings. The summed E-state index contributed by atoms with van der Waals surface area (Å²) in [6.07, 6.45) is 2.39. The molecule has 1 atom stereocenters. The summed E-state index contributed by atoms with van der Waals surface area (Å²) in [6, 6.07) is 13.4. The molecule has 1 aliphatic rings. The summed E-state index contributed by atoms with van der Waals surface area (Å²) in [5.41, 5.74) is 0.406. The number of methoxy groups -OCH3 is 2. The number of likely N-dealkylation sites (tertiary alicyclic amines) is 1. The van der Waals surface area contributed by atoms with Crippen LogP contribution in [-0.4, -0.2) is 65.7 Å². The number of ether oxygens (including phenoxy) is 2. The van der Waals surface area contributed by atoms with E-state index in [1.54, 1.807) is 32.0 Å². The number of carboxylic acids is 1. The largest absolute Gasteiger partial charge is 0.497 e. The van der Waals surface area contributed by atoms with Gasteiger partial charge in [-0.2, -0.15) is 0 Å². The van der Waals surface area contributed by atoms with Crippen LogP contribution < -0.4 is 9.47 Å². The predicted molar refractivity (Wildman–Crippen MR) is 147 cm³/mol. The maximum atomic E-state index is 12.4. The first-order valence-electron chi connectivity index (χ1n) is 12.4. The molecular formula is C28H33ClN2O5S. The second-order valence-corrected chi connectivity index (χ2v) is 10.9. The minimum Gasteiger partial charge on any atom is -0.497 e. The van der Waals surface area contributed by atoms with E-state index < -0.39 is 17.5 Å². The Hall–Kier alpha value is -2.52. The van der Waals surface area contributed by atoms with Crippen LogP contribution in [-0.2, 0) is 4.79 Å². The van der Waals surface area contributed by atoms with Crippen LogP contribution in [0.3, 0.4) is 0 Å². The van der Waals surface area contributed by atoms with Gasteiger partial charge in [-0.3, -0.25) is 9.78 Å². The van der Waals surface area contributed by atoms with Crippen molar-refractivity contribution in [3.63, 3.8) is 0 Å². The fraction of sp³-hybridized carbons (Fsp3) is 0.429. The summed E-state index contributed by atoms with van der Waals surface area (Å²) < 4.78 is 10.8. The molecule has 4 rings (SSSR count). The number of carbonyl (C=O) groups is 1. The van der Waals surface area contributed by atoms with Gasteiger partial charge in [0.2, 0.25) is 0 Å². The number of aromatic nitrogens is 1. The summed E-state index contributed by atoms with van der Waals surface area (Å²) in [5, 5.41) is 22.4.